The van der Waals surface area contributed by atoms with Crippen molar-refractivity contribution in [1.82, 2.24) is 15.2 Å². The molecule has 2 atom stereocenters. The standard InChI is InChI=1S/C19H17ClF4N4O2/c1-18(16(29)26-7-8-28(18)17(25)30)15(10-5-6-12(21)11(20)9-10)13-3-2-4-14(27-13)19(22,23)24/h2-6,9,15H,7-8H2,1H3,(H2,25,30)(H,26,29)/t15-,18?/m1/s1. The second-order valence-electron chi connectivity index (χ2n) is 6.95. The minimum atomic E-state index is -4.74. The van der Waals surface area contributed by atoms with Gasteiger partial charge in [0.05, 0.1) is 16.6 Å². The summed E-state index contributed by atoms with van der Waals surface area (Å²) in [5.41, 5.74) is 2.59. The van der Waals surface area contributed by atoms with Crippen LogP contribution in [0.5, 0.6) is 0 Å². The van der Waals surface area contributed by atoms with Crippen LogP contribution >= 0.6 is 11.6 Å². The van der Waals surface area contributed by atoms with Crippen molar-refractivity contribution in [3.63, 3.8) is 0 Å². The van der Waals surface area contributed by atoms with E-state index < -0.39 is 41.1 Å². The highest BCUT2D eigenvalue weighted by atomic mass is 35.5. The average molecular weight is 445 g/mol. The summed E-state index contributed by atoms with van der Waals surface area (Å²) in [4.78, 5) is 29.8. The molecule has 160 valence electrons. The third kappa shape index (κ3) is 3.79. The van der Waals surface area contributed by atoms with Crippen molar-refractivity contribution in [2.45, 2.75) is 24.6 Å². The van der Waals surface area contributed by atoms with Crippen LogP contribution in [-0.2, 0) is 11.0 Å². The summed E-state index contributed by atoms with van der Waals surface area (Å²) in [6.07, 6.45) is -4.74. The third-order valence-electron chi connectivity index (χ3n) is 5.10. The maximum atomic E-state index is 13.7. The number of nitrogens with two attached hydrogens (primary N) is 1. The lowest BCUT2D eigenvalue weighted by Gasteiger charge is -2.47. The average Bonchev–Trinajstić information content (AvgIpc) is 2.66. The minimum absolute atomic E-state index is 0.0297. The number of benzene rings is 1. The summed E-state index contributed by atoms with van der Waals surface area (Å²) in [6.45, 7) is 1.52. The lowest BCUT2D eigenvalue weighted by Crippen LogP contribution is -2.68. The molecule has 1 unspecified atom stereocenters. The van der Waals surface area contributed by atoms with Gasteiger partial charge in [0.1, 0.15) is 17.1 Å². The van der Waals surface area contributed by atoms with Crippen LogP contribution in [0.15, 0.2) is 36.4 Å². The zero-order valence-electron chi connectivity index (χ0n) is 15.6. The smallest absolute Gasteiger partial charge is 0.352 e. The first-order valence-electron chi connectivity index (χ1n) is 8.80. The van der Waals surface area contributed by atoms with Crippen LogP contribution in [0.3, 0.4) is 0 Å². The highest BCUT2D eigenvalue weighted by molar-refractivity contribution is 6.30. The van der Waals surface area contributed by atoms with Crippen LogP contribution in [0.2, 0.25) is 5.02 Å². The predicted octanol–water partition coefficient (Wildman–Crippen LogP) is 3.29. The number of nitrogens with one attached hydrogen (secondary N) is 1. The maximum absolute atomic E-state index is 13.7. The Bertz CT molecular complexity index is 1000. The van der Waals surface area contributed by atoms with Gasteiger partial charge in [-0.25, -0.2) is 14.2 Å². The topological polar surface area (TPSA) is 88.3 Å². The van der Waals surface area contributed by atoms with Crippen molar-refractivity contribution in [2.24, 2.45) is 5.73 Å². The van der Waals surface area contributed by atoms with Gasteiger partial charge < -0.3 is 16.0 Å². The highest BCUT2D eigenvalue weighted by Crippen LogP contribution is 2.41. The number of rotatable bonds is 3. The number of pyridine rings is 1. The zero-order chi connectivity index (χ0) is 22.3. The summed E-state index contributed by atoms with van der Waals surface area (Å²) in [7, 11) is 0. The van der Waals surface area contributed by atoms with E-state index in [1.54, 1.807) is 0 Å². The number of carbonyl (C=O) groups is 2. The number of hydrogen-bond donors (Lipinski definition) is 2. The Labute approximate surface area is 174 Å². The Morgan fingerprint density at radius 3 is 2.63 bits per heavy atom. The van der Waals surface area contributed by atoms with Gasteiger partial charge in [0.15, 0.2) is 0 Å². The molecule has 3 N–H and O–H groups in total. The fourth-order valence-corrected chi connectivity index (χ4v) is 3.88. The number of alkyl halides is 3. The molecule has 0 saturated carbocycles. The number of aromatic nitrogens is 1. The first-order valence-corrected chi connectivity index (χ1v) is 9.18. The van der Waals surface area contributed by atoms with Crippen molar-refractivity contribution in [2.75, 3.05) is 13.1 Å². The molecule has 0 bridgehead atoms. The van der Waals surface area contributed by atoms with Gasteiger partial charge in [-0.15, -0.1) is 0 Å². The molecule has 3 rings (SSSR count). The van der Waals surface area contributed by atoms with Gasteiger partial charge >= 0.3 is 12.2 Å². The molecule has 3 amide bonds. The molecule has 2 aromatic rings. The molecule has 1 aromatic heterocycles. The van der Waals surface area contributed by atoms with Gasteiger partial charge in [-0.2, -0.15) is 13.2 Å². The van der Waals surface area contributed by atoms with E-state index in [9.17, 15) is 27.2 Å². The normalized spacial score (nSPS) is 20.6. The van der Waals surface area contributed by atoms with Crippen LogP contribution < -0.4 is 11.1 Å². The van der Waals surface area contributed by atoms with Crippen molar-refractivity contribution in [1.29, 1.82) is 0 Å². The fraction of sp³-hybridized carbons (Fsp3) is 0.316. The first-order chi connectivity index (χ1) is 14.0. The largest absolute Gasteiger partial charge is 0.433 e. The van der Waals surface area contributed by atoms with Crippen LogP contribution in [-0.4, -0.2) is 40.5 Å². The van der Waals surface area contributed by atoms with Crippen molar-refractivity contribution < 1.29 is 27.2 Å². The lowest BCUT2D eigenvalue weighted by molar-refractivity contribution is -0.141. The summed E-state index contributed by atoms with van der Waals surface area (Å²) in [5.74, 6) is -2.61. The minimum Gasteiger partial charge on any atom is -0.352 e. The number of piperazine rings is 1. The van der Waals surface area contributed by atoms with Gasteiger partial charge in [-0.3, -0.25) is 4.79 Å². The van der Waals surface area contributed by atoms with E-state index in [2.05, 4.69) is 10.3 Å². The molecule has 1 saturated heterocycles. The Morgan fingerprint density at radius 1 is 1.33 bits per heavy atom. The van der Waals surface area contributed by atoms with Crippen molar-refractivity contribution in [3.8, 4) is 0 Å². The summed E-state index contributed by atoms with van der Waals surface area (Å²) < 4.78 is 53.6. The zero-order valence-corrected chi connectivity index (χ0v) is 16.4. The molecule has 0 spiro atoms. The quantitative estimate of drug-likeness (QED) is 0.712. The van der Waals surface area contributed by atoms with Gasteiger partial charge in [0.25, 0.3) is 0 Å². The molecule has 1 aromatic carbocycles. The molecular formula is C19H17ClF4N4O2. The lowest BCUT2D eigenvalue weighted by atomic mass is 9.75. The molecular weight excluding hydrogens is 428 g/mol. The Kier molecular flexibility index (Phi) is 5.64. The Balaban J connectivity index is 2.28. The first kappa shape index (κ1) is 21.8. The van der Waals surface area contributed by atoms with E-state index in [4.69, 9.17) is 17.3 Å². The number of nitrogens with zero attached hydrogens (tertiary/aromatic N) is 2. The van der Waals surface area contributed by atoms with E-state index in [0.29, 0.717) is 0 Å². The molecule has 1 fully saturated rings. The second-order valence-corrected chi connectivity index (χ2v) is 7.35. The predicted molar refractivity (Wildman–Crippen MR) is 100 cm³/mol. The summed E-state index contributed by atoms with van der Waals surface area (Å²) >= 11 is 5.89. The van der Waals surface area contributed by atoms with Crippen LogP contribution in [0.4, 0.5) is 22.4 Å². The SMILES string of the molecule is CC1([C@H](c2ccc(F)c(Cl)c2)c2cccc(C(F)(F)F)n2)C(=O)NCCN1C(N)=O. The number of hydrogen-bond acceptors (Lipinski definition) is 3. The molecule has 2 heterocycles. The van der Waals surface area contributed by atoms with E-state index in [1.807, 2.05) is 0 Å². The van der Waals surface area contributed by atoms with Crippen LogP contribution in [0, 0.1) is 5.82 Å². The molecule has 30 heavy (non-hydrogen) atoms. The summed E-state index contributed by atoms with van der Waals surface area (Å²) in [5, 5.41) is 2.31. The van der Waals surface area contributed by atoms with Crippen molar-refractivity contribution >= 4 is 23.5 Å². The number of urea groups is 1. The van der Waals surface area contributed by atoms with Crippen LogP contribution in [0.25, 0.3) is 0 Å². The Morgan fingerprint density at radius 2 is 2.03 bits per heavy atom. The number of primary amides is 1. The van der Waals surface area contributed by atoms with E-state index in [-0.39, 0.29) is 29.4 Å². The molecule has 0 radical (unpaired) electrons. The maximum Gasteiger partial charge on any atom is 0.433 e. The number of amides is 3. The van der Waals surface area contributed by atoms with E-state index in [0.717, 1.165) is 23.1 Å². The fourth-order valence-electron chi connectivity index (χ4n) is 3.69. The number of halogens is 5. The second kappa shape index (κ2) is 7.75. The summed E-state index contributed by atoms with van der Waals surface area (Å²) in [6, 6.07) is 5.78. The van der Waals surface area contributed by atoms with E-state index in [1.165, 1.54) is 25.1 Å². The van der Waals surface area contributed by atoms with Gasteiger partial charge in [-0.1, -0.05) is 23.7 Å². The third-order valence-corrected chi connectivity index (χ3v) is 5.39. The molecule has 6 nitrogen and oxygen atoms in total. The van der Waals surface area contributed by atoms with Crippen LogP contribution in [0.1, 0.15) is 29.8 Å². The van der Waals surface area contributed by atoms with Gasteiger partial charge in [-0.05, 0) is 36.8 Å². The molecule has 0 aliphatic carbocycles. The van der Waals surface area contributed by atoms with E-state index >= 15 is 0 Å². The van der Waals surface area contributed by atoms with Gasteiger partial charge in [0, 0.05) is 13.1 Å². The molecule has 11 heteroatoms. The highest BCUT2D eigenvalue weighted by Gasteiger charge is 2.52. The molecule has 1 aliphatic rings. The van der Waals surface area contributed by atoms with Crippen molar-refractivity contribution in [3.05, 3.63) is 64.2 Å². The number of carbonyl (C=O) groups excluding carboxylic acids is 2. The monoisotopic (exact) mass is 444 g/mol. The van der Waals surface area contributed by atoms with Gasteiger partial charge in [0.2, 0.25) is 5.91 Å². The Hall–Kier alpha value is -2.88. The molecule has 1 aliphatic heterocycles.